The number of aromatic nitrogens is 2. The molecule has 4 nitrogen and oxygen atoms in total. The Labute approximate surface area is 125 Å². The van der Waals surface area contributed by atoms with Gasteiger partial charge in [-0.05, 0) is 38.3 Å². The van der Waals surface area contributed by atoms with Gasteiger partial charge in [0, 0.05) is 27.5 Å². The van der Waals surface area contributed by atoms with Crippen molar-refractivity contribution >= 4 is 33.7 Å². The van der Waals surface area contributed by atoms with Crippen LogP contribution in [-0.4, -0.2) is 16.1 Å². The third-order valence-corrected chi connectivity index (χ3v) is 5.98. The topological polar surface area (TPSA) is 54.9 Å². The smallest absolute Gasteiger partial charge is 0.229 e. The molecule has 4 rings (SSSR count). The third kappa shape index (κ3) is 2.38. The number of nitrogens with one attached hydrogen (secondary N) is 1. The molecule has 0 saturated heterocycles. The molecule has 20 heavy (non-hydrogen) atoms. The molecule has 2 aliphatic carbocycles. The number of anilines is 1. The van der Waals surface area contributed by atoms with Crippen molar-refractivity contribution in [3.63, 3.8) is 0 Å². The molecule has 1 amide bonds. The molecule has 0 spiro atoms. The standard InChI is InChI=1S/C14H15N3OS2/c1-7-2-5-11(19-7)9-6-10(9)12(18)15-14-17-16-13(20-14)8-3-4-8/h2,5,8-10H,3-4,6H2,1H3,(H,15,17,18). The van der Waals surface area contributed by atoms with Crippen molar-refractivity contribution in [3.05, 3.63) is 26.9 Å². The molecular formula is C14H15N3OS2. The van der Waals surface area contributed by atoms with Gasteiger partial charge in [0.1, 0.15) is 5.01 Å². The number of nitrogens with zero attached hydrogens (tertiary/aromatic N) is 2. The Hall–Kier alpha value is -1.27. The summed E-state index contributed by atoms with van der Waals surface area (Å²) in [7, 11) is 0. The van der Waals surface area contributed by atoms with Crippen LogP contribution in [0, 0.1) is 12.8 Å². The minimum Gasteiger partial charge on any atom is -0.300 e. The van der Waals surface area contributed by atoms with E-state index >= 15 is 0 Å². The summed E-state index contributed by atoms with van der Waals surface area (Å²) in [5, 5.41) is 12.9. The molecule has 104 valence electrons. The van der Waals surface area contributed by atoms with E-state index in [0.29, 0.717) is 17.0 Å². The minimum atomic E-state index is 0.0968. The molecule has 2 aromatic rings. The molecule has 6 heteroatoms. The van der Waals surface area contributed by atoms with Gasteiger partial charge in [0.25, 0.3) is 0 Å². The number of aryl methyl sites for hydroxylation is 1. The van der Waals surface area contributed by atoms with Gasteiger partial charge < -0.3 is 5.32 Å². The fourth-order valence-electron chi connectivity index (χ4n) is 2.43. The molecular weight excluding hydrogens is 290 g/mol. The molecule has 0 aliphatic heterocycles. The van der Waals surface area contributed by atoms with Crippen LogP contribution in [0.15, 0.2) is 12.1 Å². The van der Waals surface area contributed by atoms with E-state index in [4.69, 9.17) is 0 Å². The number of hydrogen-bond acceptors (Lipinski definition) is 5. The molecule has 0 aromatic carbocycles. The number of rotatable bonds is 4. The van der Waals surface area contributed by atoms with Crippen molar-refractivity contribution in [3.8, 4) is 0 Å². The van der Waals surface area contributed by atoms with Crippen LogP contribution >= 0.6 is 22.7 Å². The largest absolute Gasteiger partial charge is 0.300 e. The first-order valence-electron chi connectivity index (χ1n) is 6.91. The zero-order chi connectivity index (χ0) is 13.7. The van der Waals surface area contributed by atoms with E-state index in [1.165, 1.54) is 33.9 Å². The third-order valence-electron chi connectivity index (χ3n) is 3.85. The van der Waals surface area contributed by atoms with E-state index in [0.717, 1.165) is 11.4 Å². The maximum atomic E-state index is 12.2. The molecule has 0 radical (unpaired) electrons. The lowest BCUT2D eigenvalue weighted by atomic mass is 10.2. The zero-order valence-electron chi connectivity index (χ0n) is 11.1. The Balaban J connectivity index is 1.38. The number of carbonyl (C=O) groups excluding carboxylic acids is 1. The van der Waals surface area contributed by atoms with Gasteiger partial charge in [-0.3, -0.25) is 4.79 Å². The SMILES string of the molecule is Cc1ccc(C2CC2C(=O)Nc2nnc(C3CC3)s2)s1. The highest BCUT2D eigenvalue weighted by Crippen LogP contribution is 2.50. The zero-order valence-corrected chi connectivity index (χ0v) is 12.8. The van der Waals surface area contributed by atoms with Gasteiger partial charge in [-0.2, -0.15) is 0 Å². The fourth-order valence-corrected chi connectivity index (χ4v) is 4.40. The quantitative estimate of drug-likeness (QED) is 0.940. The highest BCUT2D eigenvalue weighted by Gasteiger charge is 2.45. The molecule has 2 aliphatic rings. The van der Waals surface area contributed by atoms with Crippen LogP contribution in [0.3, 0.4) is 0 Å². The normalized spacial score (nSPS) is 24.6. The predicted molar refractivity (Wildman–Crippen MR) is 80.4 cm³/mol. The predicted octanol–water partition coefficient (Wildman–Crippen LogP) is 3.53. The first-order valence-corrected chi connectivity index (χ1v) is 8.54. The van der Waals surface area contributed by atoms with Crippen LogP contribution in [0.2, 0.25) is 0 Å². The van der Waals surface area contributed by atoms with E-state index < -0.39 is 0 Å². The van der Waals surface area contributed by atoms with Gasteiger partial charge in [0.05, 0.1) is 0 Å². The summed E-state index contributed by atoms with van der Waals surface area (Å²) in [6, 6.07) is 4.27. The van der Waals surface area contributed by atoms with Gasteiger partial charge in [-0.25, -0.2) is 0 Å². The van der Waals surface area contributed by atoms with Crippen molar-refractivity contribution in [2.75, 3.05) is 5.32 Å². The molecule has 1 N–H and O–H groups in total. The first-order chi connectivity index (χ1) is 9.70. The van der Waals surface area contributed by atoms with E-state index in [9.17, 15) is 4.79 Å². The Morgan fingerprint density at radius 1 is 1.30 bits per heavy atom. The summed E-state index contributed by atoms with van der Waals surface area (Å²) in [6.45, 7) is 2.10. The molecule has 2 fully saturated rings. The highest BCUT2D eigenvalue weighted by molar-refractivity contribution is 7.15. The maximum Gasteiger partial charge on any atom is 0.229 e. The molecule has 2 saturated carbocycles. The maximum absolute atomic E-state index is 12.2. The number of thiophene rings is 1. The lowest BCUT2D eigenvalue weighted by molar-refractivity contribution is -0.117. The molecule has 2 unspecified atom stereocenters. The monoisotopic (exact) mass is 305 g/mol. The Morgan fingerprint density at radius 3 is 2.85 bits per heavy atom. The van der Waals surface area contributed by atoms with E-state index in [1.54, 1.807) is 11.3 Å². The average molecular weight is 305 g/mol. The summed E-state index contributed by atoms with van der Waals surface area (Å²) in [4.78, 5) is 14.8. The van der Waals surface area contributed by atoms with Crippen molar-refractivity contribution < 1.29 is 4.79 Å². The number of amides is 1. The van der Waals surface area contributed by atoms with Crippen molar-refractivity contribution in [2.24, 2.45) is 5.92 Å². The number of carbonyl (C=O) groups is 1. The minimum absolute atomic E-state index is 0.0968. The summed E-state index contributed by atoms with van der Waals surface area (Å²) >= 11 is 3.32. The van der Waals surface area contributed by atoms with Gasteiger partial charge in [-0.1, -0.05) is 11.3 Å². The van der Waals surface area contributed by atoms with E-state index in [-0.39, 0.29) is 11.8 Å². The lowest BCUT2D eigenvalue weighted by Crippen LogP contribution is -2.14. The van der Waals surface area contributed by atoms with Crippen molar-refractivity contribution in [2.45, 2.75) is 38.0 Å². The second kappa shape index (κ2) is 4.63. The van der Waals surface area contributed by atoms with E-state index in [2.05, 4.69) is 34.6 Å². The van der Waals surface area contributed by atoms with Crippen molar-refractivity contribution in [1.82, 2.24) is 10.2 Å². The Morgan fingerprint density at radius 2 is 2.15 bits per heavy atom. The van der Waals surface area contributed by atoms with Gasteiger partial charge >= 0.3 is 0 Å². The Bertz CT molecular complexity index is 659. The van der Waals surface area contributed by atoms with Crippen LogP contribution < -0.4 is 5.32 Å². The summed E-state index contributed by atoms with van der Waals surface area (Å²) in [5.74, 6) is 1.21. The molecule has 2 aromatic heterocycles. The van der Waals surface area contributed by atoms with Gasteiger partial charge in [0.2, 0.25) is 11.0 Å². The van der Waals surface area contributed by atoms with Gasteiger partial charge in [-0.15, -0.1) is 21.5 Å². The van der Waals surface area contributed by atoms with Crippen LogP contribution in [0.4, 0.5) is 5.13 Å². The highest BCUT2D eigenvalue weighted by atomic mass is 32.1. The lowest BCUT2D eigenvalue weighted by Gasteiger charge is -1.99. The van der Waals surface area contributed by atoms with Crippen LogP contribution in [0.5, 0.6) is 0 Å². The van der Waals surface area contributed by atoms with Crippen LogP contribution in [-0.2, 0) is 4.79 Å². The average Bonchev–Trinajstić information content (AvgIpc) is 3.34. The first kappa shape index (κ1) is 12.5. The second-order valence-corrected chi connectivity index (χ2v) is 7.93. The fraction of sp³-hybridized carbons (Fsp3) is 0.500. The Kier molecular flexibility index (Phi) is 2.89. The van der Waals surface area contributed by atoms with Crippen LogP contribution in [0.1, 0.15) is 45.9 Å². The van der Waals surface area contributed by atoms with E-state index in [1.807, 2.05) is 0 Å². The van der Waals surface area contributed by atoms with Gasteiger partial charge in [0.15, 0.2) is 0 Å². The van der Waals surface area contributed by atoms with Crippen molar-refractivity contribution in [1.29, 1.82) is 0 Å². The molecule has 0 bridgehead atoms. The van der Waals surface area contributed by atoms with Crippen LogP contribution in [0.25, 0.3) is 0 Å². The summed E-state index contributed by atoms with van der Waals surface area (Å²) in [6.07, 6.45) is 3.39. The summed E-state index contributed by atoms with van der Waals surface area (Å²) in [5.41, 5.74) is 0. The molecule has 2 heterocycles. The number of hydrogen-bond donors (Lipinski definition) is 1. The second-order valence-electron chi connectivity index (χ2n) is 5.61. The molecule has 2 atom stereocenters. The summed E-state index contributed by atoms with van der Waals surface area (Å²) < 4.78 is 0.